The zero-order valence-corrected chi connectivity index (χ0v) is 13.4. The average molecular weight is 336 g/mol. The number of hydrogen-bond acceptors (Lipinski definition) is 6. The smallest absolute Gasteiger partial charge is 0.258 e. The van der Waals surface area contributed by atoms with E-state index in [4.69, 9.17) is 0 Å². The number of nitrogens with zero attached hydrogens (tertiary/aromatic N) is 6. The van der Waals surface area contributed by atoms with Gasteiger partial charge >= 0.3 is 0 Å². The van der Waals surface area contributed by atoms with E-state index in [1.165, 1.54) is 17.1 Å². The SMILES string of the molecule is O=C(c1ccc(-n2cnnn2)cc1O)N1CCCC1c1ccccn1. The highest BCUT2D eigenvalue weighted by atomic mass is 16.3. The van der Waals surface area contributed by atoms with Gasteiger partial charge in [-0.25, -0.2) is 4.68 Å². The Morgan fingerprint density at radius 1 is 1.24 bits per heavy atom. The van der Waals surface area contributed by atoms with Gasteiger partial charge < -0.3 is 10.0 Å². The molecule has 1 aliphatic rings. The van der Waals surface area contributed by atoms with Gasteiger partial charge in [-0.15, -0.1) is 5.10 Å². The highest BCUT2D eigenvalue weighted by molar-refractivity contribution is 5.97. The number of aromatic hydroxyl groups is 1. The minimum absolute atomic E-state index is 0.0627. The molecule has 1 fully saturated rings. The molecule has 25 heavy (non-hydrogen) atoms. The van der Waals surface area contributed by atoms with Crippen LogP contribution in [0.5, 0.6) is 5.75 Å². The number of carbonyl (C=O) groups is 1. The zero-order chi connectivity index (χ0) is 17.2. The molecule has 0 radical (unpaired) electrons. The number of rotatable bonds is 3. The summed E-state index contributed by atoms with van der Waals surface area (Å²) in [5.41, 5.74) is 1.72. The molecule has 8 nitrogen and oxygen atoms in total. The molecule has 0 bridgehead atoms. The second-order valence-electron chi connectivity index (χ2n) is 5.87. The first-order valence-corrected chi connectivity index (χ1v) is 8.02. The van der Waals surface area contributed by atoms with Crippen LogP contribution in [0.1, 0.15) is 34.9 Å². The number of benzene rings is 1. The minimum Gasteiger partial charge on any atom is -0.507 e. The second-order valence-corrected chi connectivity index (χ2v) is 5.87. The number of phenolic OH excluding ortho intramolecular Hbond substituents is 1. The lowest BCUT2D eigenvalue weighted by Crippen LogP contribution is -2.31. The fourth-order valence-corrected chi connectivity index (χ4v) is 3.17. The molecule has 126 valence electrons. The van der Waals surface area contributed by atoms with Crippen molar-refractivity contribution in [3.8, 4) is 11.4 Å². The molecule has 3 heterocycles. The Morgan fingerprint density at radius 2 is 2.16 bits per heavy atom. The van der Waals surface area contributed by atoms with Crippen molar-refractivity contribution in [1.82, 2.24) is 30.1 Å². The van der Waals surface area contributed by atoms with Gasteiger partial charge in [-0.05, 0) is 47.5 Å². The van der Waals surface area contributed by atoms with Crippen molar-refractivity contribution in [1.29, 1.82) is 0 Å². The molecule has 1 aromatic carbocycles. The highest BCUT2D eigenvalue weighted by Gasteiger charge is 2.32. The Bertz CT molecular complexity index is 881. The van der Waals surface area contributed by atoms with E-state index in [2.05, 4.69) is 20.5 Å². The number of amides is 1. The van der Waals surface area contributed by atoms with Crippen molar-refractivity contribution < 1.29 is 9.90 Å². The van der Waals surface area contributed by atoms with Gasteiger partial charge in [0.05, 0.1) is 23.0 Å². The molecule has 1 N–H and O–H groups in total. The van der Waals surface area contributed by atoms with Crippen LogP contribution >= 0.6 is 0 Å². The van der Waals surface area contributed by atoms with E-state index in [-0.39, 0.29) is 23.3 Å². The van der Waals surface area contributed by atoms with Crippen LogP contribution in [0.3, 0.4) is 0 Å². The van der Waals surface area contributed by atoms with Gasteiger partial charge in [0.15, 0.2) is 0 Å². The third kappa shape index (κ3) is 2.82. The van der Waals surface area contributed by atoms with Crippen LogP contribution in [0.25, 0.3) is 5.69 Å². The third-order valence-electron chi connectivity index (χ3n) is 4.37. The molecule has 2 aromatic heterocycles. The highest BCUT2D eigenvalue weighted by Crippen LogP contribution is 2.33. The molecule has 1 aliphatic heterocycles. The monoisotopic (exact) mass is 336 g/mol. The van der Waals surface area contributed by atoms with E-state index in [9.17, 15) is 9.90 Å². The molecule has 0 spiro atoms. The first-order chi connectivity index (χ1) is 12.2. The summed E-state index contributed by atoms with van der Waals surface area (Å²) in [6, 6.07) is 10.4. The lowest BCUT2D eigenvalue weighted by molar-refractivity contribution is 0.0730. The van der Waals surface area contributed by atoms with E-state index in [1.54, 1.807) is 23.2 Å². The Kier molecular flexibility index (Phi) is 3.85. The maximum atomic E-state index is 12.9. The van der Waals surface area contributed by atoms with E-state index in [0.717, 1.165) is 18.5 Å². The molecular weight excluding hydrogens is 320 g/mol. The number of aromatic nitrogens is 5. The Hall–Kier alpha value is -3.29. The molecule has 1 amide bonds. The maximum absolute atomic E-state index is 12.9. The van der Waals surface area contributed by atoms with E-state index in [1.807, 2.05) is 18.2 Å². The fraction of sp³-hybridized carbons (Fsp3) is 0.235. The van der Waals surface area contributed by atoms with Crippen LogP contribution in [0.15, 0.2) is 48.9 Å². The van der Waals surface area contributed by atoms with Crippen molar-refractivity contribution in [2.45, 2.75) is 18.9 Å². The number of hydrogen-bond donors (Lipinski definition) is 1. The fourth-order valence-electron chi connectivity index (χ4n) is 3.17. The summed E-state index contributed by atoms with van der Waals surface area (Å²) in [6.45, 7) is 0.647. The summed E-state index contributed by atoms with van der Waals surface area (Å²) in [5, 5.41) is 21.2. The number of likely N-dealkylation sites (tertiary alicyclic amines) is 1. The summed E-state index contributed by atoms with van der Waals surface area (Å²) in [4.78, 5) is 19.1. The lowest BCUT2D eigenvalue weighted by Gasteiger charge is -2.24. The Morgan fingerprint density at radius 3 is 2.88 bits per heavy atom. The van der Waals surface area contributed by atoms with E-state index < -0.39 is 0 Å². The molecular formula is C17H16N6O2. The molecule has 1 atom stereocenters. The largest absolute Gasteiger partial charge is 0.507 e. The summed E-state index contributed by atoms with van der Waals surface area (Å²) in [7, 11) is 0. The Balaban J connectivity index is 1.62. The third-order valence-corrected chi connectivity index (χ3v) is 4.37. The standard InChI is InChI=1S/C17H16N6O2/c24-16-10-12(23-11-19-20-21-23)6-7-13(16)17(25)22-9-3-5-15(22)14-4-1-2-8-18-14/h1-2,4,6-8,10-11,15,24H,3,5,9H2. The molecule has 0 saturated carbocycles. The van der Waals surface area contributed by atoms with E-state index in [0.29, 0.717) is 12.2 Å². The second kappa shape index (κ2) is 6.31. The van der Waals surface area contributed by atoms with E-state index >= 15 is 0 Å². The van der Waals surface area contributed by atoms with Crippen LogP contribution in [0, 0.1) is 0 Å². The predicted molar refractivity (Wildman–Crippen MR) is 88.1 cm³/mol. The molecule has 4 rings (SSSR count). The lowest BCUT2D eigenvalue weighted by atomic mass is 10.1. The van der Waals surface area contributed by atoms with Gasteiger partial charge in [0.1, 0.15) is 12.1 Å². The Labute approximate surface area is 143 Å². The molecule has 3 aromatic rings. The summed E-state index contributed by atoms with van der Waals surface area (Å²) in [5.74, 6) is -0.293. The van der Waals surface area contributed by atoms with Gasteiger partial charge in [0, 0.05) is 18.8 Å². The molecule has 1 unspecified atom stereocenters. The van der Waals surface area contributed by atoms with Gasteiger partial charge in [0.2, 0.25) is 0 Å². The average Bonchev–Trinajstić information content (AvgIpc) is 3.33. The van der Waals surface area contributed by atoms with Gasteiger partial charge in [-0.1, -0.05) is 6.07 Å². The number of carbonyl (C=O) groups excluding carboxylic acids is 1. The first kappa shape index (κ1) is 15.3. The van der Waals surface area contributed by atoms with Crippen molar-refractivity contribution in [3.05, 3.63) is 60.2 Å². The van der Waals surface area contributed by atoms with Crippen molar-refractivity contribution >= 4 is 5.91 Å². The summed E-state index contributed by atoms with van der Waals surface area (Å²) >= 11 is 0. The summed E-state index contributed by atoms with van der Waals surface area (Å²) in [6.07, 6.45) is 4.94. The number of phenols is 1. The predicted octanol–water partition coefficient (Wildman–Crippen LogP) is 1.74. The molecule has 1 saturated heterocycles. The van der Waals surface area contributed by atoms with Crippen molar-refractivity contribution in [2.75, 3.05) is 6.54 Å². The summed E-state index contributed by atoms with van der Waals surface area (Å²) < 4.78 is 1.42. The number of tetrazole rings is 1. The maximum Gasteiger partial charge on any atom is 0.258 e. The quantitative estimate of drug-likeness (QED) is 0.782. The normalized spacial score (nSPS) is 17.0. The van der Waals surface area contributed by atoms with Crippen LogP contribution in [0.4, 0.5) is 0 Å². The topological polar surface area (TPSA) is 97.0 Å². The van der Waals surface area contributed by atoms with Crippen molar-refractivity contribution in [2.24, 2.45) is 0 Å². The molecule has 0 aliphatic carbocycles. The van der Waals surface area contributed by atoms with Gasteiger partial charge in [-0.2, -0.15) is 0 Å². The number of pyridine rings is 1. The van der Waals surface area contributed by atoms with Crippen LogP contribution < -0.4 is 0 Å². The van der Waals surface area contributed by atoms with Gasteiger partial charge in [-0.3, -0.25) is 9.78 Å². The van der Waals surface area contributed by atoms with Crippen molar-refractivity contribution in [3.63, 3.8) is 0 Å². The zero-order valence-electron chi connectivity index (χ0n) is 13.4. The van der Waals surface area contributed by atoms with Gasteiger partial charge in [0.25, 0.3) is 5.91 Å². The van der Waals surface area contributed by atoms with Crippen LogP contribution in [-0.4, -0.2) is 47.6 Å². The van der Waals surface area contributed by atoms with Crippen LogP contribution in [-0.2, 0) is 0 Å². The minimum atomic E-state index is -0.200. The molecule has 8 heteroatoms. The van der Waals surface area contributed by atoms with Crippen LogP contribution in [0.2, 0.25) is 0 Å². The first-order valence-electron chi connectivity index (χ1n) is 8.02.